The first-order chi connectivity index (χ1) is 15.0. The molecule has 0 bridgehead atoms. The Labute approximate surface area is 189 Å². The molecule has 154 valence electrons. The van der Waals surface area contributed by atoms with Gasteiger partial charge in [-0.25, -0.2) is 4.79 Å². The van der Waals surface area contributed by atoms with Crippen molar-refractivity contribution in [1.82, 2.24) is 4.90 Å². The third kappa shape index (κ3) is 5.02. The molecule has 7 heteroatoms. The summed E-state index contributed by atoms with van der Waals surface area (Å²) in [5, 5.41) is 9.02. The fraction of sp³-hybridized carbons (Fsp3) is 0.0417. The highest BCUT2D eigenvalue weighted by molar-refractivity contribution is 8.26. The second-order valence-electron chi connectivity index (χ2n) is 6.76. The fourth-order valence-electron chi connectivity index (χ4n) is 3.02. The van der Waals surface area contributed by atoms with Gasteiger partial charge in [0, 0.05) is 0 Å². The number of carbonyl (C=O) groups is 2. The van der Waals surface area contributed by atoms with E-state index in [1.807, 2.05) is 54.6 Å². The van der Waals surface area contributed by atoms with Gasteiger partial charge >= 0.3 is 5.97 Å². The monoisotopic (exact) mass is 447 g/mol. The molecule has 0 aromatic heterocycles. The minimum atomic E-state index is -0.987. The summed E-state index contributed by atoms with van der Waals surface area (Å²) >= 11 is 6.65. The van der Waals surface area contributed by atoms with Crippen molar-refractivity contribution in [3.05, 3.63) is 100 Å². The Kier molecular flexibility index (Phi) is 6.16. The Morgan fingerprint density at radius 2 is 1.71 bits per heavy atom. The molecule has 1 fully saturated rings. The number of rotatable bonds is 6. The largest absolute Gasteiger partial charge is 0.478 e. The molecular formula is C24H17NO4S2. The maximum atomic E-state index is 12.9. The van der Waals surface area contributed by atoms with Crippen LogP contribution in [0.5, 0.6) is 11.5 Å². The van der Waals surface area contributed by atoms with E-state index in [0.717, 1.165) is 16.9 Å². The van der Waals surface area contributed by atoms with E-state index >= 15 is 0 Å². The first kappa shape index (κ1) is 20.8. The van der Waals surface area contributed by atoms with Crippen LogP contribution in [0.4, 0.5) is 0 Å². The molecule has 0 unspecified atom stereocenters. The van der Waals surface area contributed by atoms with Crippen LogP contribution in [0.2, 0.25) is 0 Å². The summed E-state index contributed by atoms with van der Waals surface area (Å²) in [5.74, 6) is 0.249. The summed E-state index contributed by atoms with van der Waals surface area (Å²) in [6.45, 7) is 0.291. The lowest BCUT2D eigenvalue weighted by atomic mass is 10.1. The molecule has 3 aromatic carbocycles. The third-order valence-electron chi connectivity index (χ3n) is 4.55. The van der Waals surface area contributed by atoms with E-state index in [2.05, 4.69) is 0 Å². The number of aromatic carboxylic acids is 1. The second-order valence-corrected chi connectivity index (χ2v) is 8.43. The summed E-state index contributed by atoms with van der Waals surface area (Å²) in [6.07, 6.45) is 1.80. The number of carboxylic acids is 1. The molecule has 1 saturated heterocycles. The molecule has 1 heterocycles. The van der Waals surface area contributed by atoms with Crippen LogP contribution in [0.25, 0.3) is 6.08 Å². The quantitative estimate of drug-likeness (QED) is 0.393. The number of carbonyl (C=O) groups excluding carboxylic acids is 1. The van der Waals surface area contributed by atoms with Crippen LogP contribution in [0.15, 0.2) is 83.8 Å². The lowest BCUT2D eigenvalue weighted by Gasteiger charge is -2.14. The van der Waals surface area contributed by atoms with E-state index < -0.39 is 5.97 Å². The van der Waals surface area contributed by atoms with Gasteiger partial charge in [-0.1, -0.05) is 66.4 Å². The van der Waals surface area contributed by atoms with Gasteiger partial charge in [-0.15, -0.1) is 0 Å². The number of benzene rings is 3. The minimum absolute atomic E-state index is 0.174. The van der Waals surface area contributed by atoms with Crippen molar-refractivity contribution in [1.29, 1.82) is 0 Å². The summed E-state index contributed by atoms with van der Waals surface area (Å²) < 4.78 is 6.33. The molecule has 31 heavy (non-hydrogen) atoms. The molecule has 3 aromatic rings. The minimum Gasteiger partial charge on any atom is -0.478 e. The van der Waals surface area contributed by atoms with E-state index in [-0.39, 0.29) is 11.5 Å². The number of amides is 1. The molecule has 1 amide bonds. The highest BCUT2D eigenvalue weighted by Gasteiger charge is 2.32. The summed E-state index contributed by atoms with van der Waals surface area (Å²) in [7, 11) is 0. The van der Waals surface area contributed by atoms with Crippen molar-refractivity contribution in [2.24, 2.45) is 0 Å². The van der Waals surface area contributed by atoms with Gasteiger partial charge in [-0.3, -0.25) is 9.69 Å². The Bertz CT molecular complexity index is 1170. The molecule has 0 saturated carbocycles. The lowest BCUT2D eigenvalue weighted by molar-refractivity contribution is -0.122. The molecule has 1 aliphatic rings. The second kappa shape index (κ2) is 9.16. The van der Waals surface area contributed by atoms with Gasteiger partial charge in [-0.2, -0.15) is 0 Å². The molecule has 1 N–H and O–H groups in total. The van der Waals surface area contributed by atoms with Crippen molar-refractivity contribution in [3.63, 3.8) is 0 Å². The van der Waals surface area contributed by atoms with Gasteiger partial charge in [0.1, 0.15) is 15.8 Å². The summed E-state index contributed by atoms with van der Waals surface area (Å²) in [6, 6.07) is 23.4. The maximum absolute atomic E-state index is 12.9. The van der Waals surface area contributed by atoms with Crippen LogP contribution < -0.4 is 4.74 Å². The maximum Gasteiger partial charge on any atom is 0.335 e. The Balaban J connectivity index is 1.49. The summed E-state index contributed by atoms with van der Waals surface area (Å²) in [5.41, 5.74) is 1.84. The van der Waals surface area contributed by atoms with Crippen molar-refractivity contribution in [2.45, 2.75) is 6.54 Å². The van der Waals surface area contributed by atoms with E-state index in [4.69, 9.17) is 22.1 Å². The number of thiocarbonyl (C=S) groups is 1. The van der Waals surface area contributed by atoms with Gasteiger partial charge in [0.25, 0.3) is 5.91 Å². The number of para-hydroxylation sites is 1. The van der Waals surface area contributed by atoms with E-state index in [0.29, 0.717) is 21.5 Å². The van der Waals surface area contributed by atoms with Crippen molar-refractivity contribution in [2.75, 3.05) is 0 Å². The van der Waals surface area contributed by atoms with Gasteiger partial charge < -0.3 is 9.84 Å². The van der Waals surface area contributed by atoms with E-state index in [1.54, 1.807) is 18.2 Å². The Hall–Kier alpha value is -3.42. The highest BCUT2D eigenvalue weighted by atomic mass is 32.2. The zero-order valence-corrected chi connectivity index (χ0v) is 17.9. The fourth-order valence-corrected chi connectivity index (χ4v) is 4.27. The molecule has 4 rings (SSSR count). The van der Waals surface area contributed by atoms with Crippen LogP contribution in [0.3, 0.4) is 0 Å². The smallest absolute Gasteiger partial charge is 0.335 e. The molecule has 0 aliphatic carbocycles. The van der Waals surface area contributed by atoms with Crippen molar-refractivity contribution < 1.29 is 19.4 Å². The zero-order chi connectivity index (χ0) is 21.8. The number of ether oxygens (including phenoxy) is 1. The Morgan fingerprint density at radius 3 is 2.42 bits per heavy atom. The van der Waals surface area contributed by atoms with Gasteiger partial charge in [0.15, 0.2) is 0 Å². The molecular weight excluding hydrogens is 430 g/mol. The topological polar surface area (TPSA) is 66.8 Å². The first-order valence-electron chi connectivity index (χ1n) is 9.40. The predicted octanol–water partition coefficient (Wildman–Crippen LogP) is 5.58. The normalized spacial score (nSPS) is 14.8. The summed E-state index contributed by atoms with van der Waals surface area (Å²) in [4.78, 5) is 25.9. The molecule has 0 atom stereocenters. The number of nitrogens with zero attached hydrogens (tertiary/aromatic N) is 1. The van der Waals surface area contributed by atoms with Crippen LogP contribution >= 0.6 is 24.0 Å². The van der Waals surface area contributed by atoms with Crippen molar-refractivity contribution in [3.8, 4) is 11.5 Å². The molecule has 5 nitrogen and oxygen atoms in total. The molecule has 0 spiro atoms. The number of thioether (sulfide) groups is 1. The SMILES string of the molecule is O=C(O)c1ccc(CN2C(=O)/C(=C/c3cccc(Oc4ccccc4)c3)SC2=S)cc1. The molecule has 0 radical (unpaired) electrons. The van der Waals surface area contributed by atoms with Crippen LogP contribution in [0.1, 0.15) is 21.5 Å². The Morgan fingerprint density at radius 1 is 1.00 bits per heavy atom. The average Bonchev–Trinajstić information content (AvgIpc) is 3.02. The van der Waals surface area contributed by atoms with Crippen LogP contribution in [0, 0.1) is 0 Å². The average molecular weight is 448 g/mol. The van der Waals surface area contributed by atoms with Gasteiger partial charge in [0.2, 0.25) is 0 Å². The first-order valence-corrected chi connectivity index (χ1v) is 10.6. The highest BCUT2D eigenvalue weighted by Crippen LogP contribution is 2.34. The van der Waals surface area contributed by atoms with Gasteiger partial charge in [0.05, 0.1) is 17.0 Å². The zero-order valence-electron chi connectivity index (χ0n) is 16.2. The van der Waals surface area contributed by atoms with E-state index in [9.17, 15) is 9.59 Å². The number of carboxylic acid groups (broad SMARTS) is 1. The van der Waals surface area contributed by atoms with Crippen LogP contribution in [-0.4, -0.2) is 26.2 Å². The standard InChI is InChI=1S/C24H17NO4S2/c26-22-21(14-17-5-4-8-20(13-17)29-19-6-2-1-3-7-19)31-24(30)25(22)15-16-9-11-18(12-10-16)23(27)28/h1-14H,15H2,(H,27,28)/b21-14-. The predicted molar refractivity (Wildman–Crippen MR) is 125 cm³/mol. The lowest BCUT2D eigenvalue weighted by Crippen LogP contribution is -2.27. The van der Waals surface area contributed by atoms with Crippen molar-refractivity contribution >= 4 is 46.3 Å². The number of hydrogen-bond acceptors (Lipinski definition) is 5. The van der Waals surface area contributed by atoms with Gasteiger partial charge in [-0.05, 0) is 53.6 Å². The third-order valence-corrected chi connectivity index (χ3v) is 5.93. The molecule has 1 aliphatic heterocycles. The van der Waals surface area contributed by atoms with Crippen LogP contribution in [-0.2, 0) is 11.3 Å². The number of hydrogen-bond donors (Lipinski definition) is 1. The van der Waals surface area contributed by atoms with E-state index in [1.165, 1.54) is 28.8 Å².